The standard InChI is InChI=1S/C19H34N2/c1-5-7-9-11-17(12-10-8-6-2)20-18-13-15-19(16-14-18)21(3)4/h13-17,20H,5-12H2,1-4H3. The van der Waals surface area contributed by atoms with Gasteiger partial charge in [-0.2, -0.15) is 0 Å². The Morgan fingerprint density at radius 3 is 1.81 bits per heavy atom. The smallest absolute Gasteiger partial charge is 0.0362 e. The van der Waals surface area contributed by atoms with Crippen LogP contribution in [-0.2, 0) is 0 Å². The number of nitrogens with zero attached hydrogens (tertiary/aromatic N) is 1. The average molecular weight is 290 g/mol. The summed E-state index contributed by atoms with van der Waals surface area (Å²) in [6.07, 6.45) is 10.6. The highest BCUT2D eigenvalue weighted by atomic mass is 15.1. The maximum absolute atomic E-state index is 3.74. The molecular formula is C19H34N2. The van der Waals surface area contributed by atoms with Crippen LogP contribution in [-0.4, -0.2) is 20.1 Å². The lowest BCUT2D eigenvalue weighted by atomic mass is 10.0. The monoisotopic (exact) mass is 290 g/mol. The van der Waals surface area contributed by atoms with Crippen molar-refractivity contribution in [1.82, 2.24) is 0 Å². The molecule has 1 aromatic carbocycles. The van der Waals surface area contributed by atoms with Crippen LogP contribution >= 0.6 is 0 Å². The number of rotatable bonds is 11. The van der Waals surface area contributed by atoms with Crippen molar-refractivity contribution in [3.8, 4) is 0 Å². The van der Waals surface area contributed by atoms with E-state index >= 15 is 0 Å². The highest BCUT2D eigenvalue weighted by Gasteiger charge is 2.08. The molecule has 1 aromatic rings. The maximum atomic E-state index is 3.74. The quantitative estimate of drug-likeness (QED) is 0.526. The van der Waals surface area contributed by atoms with Gasteiger partial charge in [-0.25, -0.2) is 0 Å². The van der Waals surface area contributed by atoms with Gasteiger partial charge in [0, 0.05) is 31.5 Å². The molecule has 0 aliphatic carbocycles. The van der Waals surface area contributed by atoms with Gasteiger partial charge in [0.15, 0.2) is 0 Å². The second-order valence-electron chi connectivity index (χ2n) is 6.27. The molecule has 0 fully saturated rings. The summed E-state index contributed by atoms with van der Waals surface area (Å²) >= 11 is 0. The lowest BCUT2D eigenvalue weighted by Gasteiger charge is -2.21. The van der Waals surface area contributed by atoms with Crippen molar-refractivity contribution >= 4 is 11.4 Å². The summed E-state index contributed by atoms with van der Waals surface area (Å²) in [5.41, 5.74) is 2.52. The normalized spacial score (nSPS) is 10.9. The highest BCUT2D eigenvalue weighted by molar-refractivity contribution is 5.54. The summed E-state index contributed by atoms with van der Waals surface area (Å²) in [5.74, 6) is 0. The van der Waals surface area contributed by atoms with Crippen LogP contribution in [0.5, 0.6) is 0 Å². The van der Waals surface area contributed by atoms with Crippen molar-refractivity contribution in [3.63, 3.8) is 0 Å². The van der Waals surface area contributed by atoms with Crippen molar-refractivity contribution in [3.05, 3.63) is 24.3 Å². The second kappa shape index (κ2) is 10.5. The maximum Gasteiger partial charge on any atom is 0.0362 e. The van der Waals surface area contributed by atoms with Crippen LogP contribution in [0.4, 0.5) is 11.4 Å². The van der Waals surface area contributed by atoms with E-state index < -0.39 is 0 Å². The Labute approximate surface area is 131 Å². The molecule has 1 rings (SSSR count). The fraction of sp³-hybridized carbons (Fsp3) is 0.684. The van der Waals surface area contributed by atoms with Gasteiger partial charge in [0.05, 0.1) is 0 Å². The number of hydrogen-bond donors (Lipinski definition) is 1. The molecule has 0 aromatic heterocycles. The zero-order chi connectivity index (χ0) is 15.5. The molecule has 0 amide bonds. The lowest BCUT2D eigenvalue weighted by molar-refractivity contribution is 0.526. The van der Waals surface area contributed by atoms with Crippen molar-refractivity contribution in [2.24, 2.45) is 0 Å². The fourth-order valence-electron chi connectivity index (χ4n) is 2.66. The topological polar surface area (TPSA) is 15.3 Å². The zero-order valence-electron chi connectivity index (χ0n) is 14.5. The van der Waals surface area contributed by atoms with E-state index in [-0.39, 0.29) is 0 Å². The van der Waals surface area contributed by atoms with Crippen molar-refractivity contribution in [2.45, 2.75) is 71.3 Å². The first kappa shape index (κ1) is 17.9. The molecule has 0 spiro atoms. The minimum atomic E-state index is 0.633. The van der Waals surface area contributed by atoms with E-state index in [1.165, 1.54) is 62.7 Å². The molecule has 0 saturated carbocycles. The van der Waals surface area contributed by atoms with Gasteiger partial charge in [0.2, 0.25) is 0 Å². The van der Waals surface area contributed by atoms with Gasteiger partial charge in [0.1, 0.15) is 0 Å². The number of hydrogen-bond acceptors (Lipinski definition) is 2. The Balaban J connectivity index is 2.52. The predicted octanol–water partition coefficient (Wildman–Crippen LogP) is 5.69. The number of unbranched alkanes of at least 4 members (excludes halogenated alkanes) is 4. The van der Waals surface area contributed by atoms with Crippen LogP contribution in [0.3, 0.4) is 0 Å². The molecular weight excluding hydrogens is 256 g/mol. The molecule has 0 bridgehead atoms. The Morgan fingerprint density at radius 1 is 0.857 bits per heavy atom. The molecule has 0 saturated heterocycles. The molecule has 0 atom stereocenters. The Hall–Kier alpha value is -1.18. The minimum absolute atomic E-state index is 0.633. The predicted molar refractivity (Wildman–Crippen MR) is 96.5 cm³/mol. The van der Waals surface area contributed by atoms with Crippen molar-refractivity contribution in [1.29, 1.82) is 0 Å². The van der Waals surface area contributed by atoms with Crippen LogP contribution in [0.1, 0.15) is 65.2 Å². The zero-order valence-corrected chi connectivity index (χ0v) is 14.5. The minimum Gasteiger partial charge on any atom is -0.382 e. The van der Waals surface area contributed by atoms with Crippen LogP contribution in [0.2, 0.25) is 0 Å². The van der Waals surface area contributed by atoms with Gasteiger partial charge in [-0.3, -0.25) is 0 Å². The summed E-state index contributed by atoms with van der Waals surface area (Å²) < 4.78 is 0. The molecule has 21 heavy (non-hydrogen) atoms. The molecule has 0 radical (unpaired) electrons. The van der Waals surface area contributed by atoms with E-state index in [9.17, 15) is 0 Å². The molecule has 0 heterocycles. The highest BCUT2D eigenvalue weighted by Crippen LogP contribution is 2.20. The third-order valence-electron chi connectivity index (χ3n) is 4.07. The van der Waals surface area contributed by atoms with Gasteiger partial charge < -0.3 is 10.2 Å². The average Bonchev–Trinajstić information content (AvgIpc) is 2.48. The number of anilines is 2. The van der Waals surface area contributed by atoms with Crippen LogP contribution < -0.4 is 10.2 Å². The molecule has 0 aliphatic rings. The van der Waals surface area contributed by atoms with Crippen LogP contribution in [0, 0.1) is 0 Å². The molecule has 2 heteroatoms. The summed E-state index contributed by atoms with van der Waals surface area (Å²) in [6, 6.07) is 9.44. The SMILES string of the molecule is CCCCCC(CCCCC)Nc1ccc(N(C)C)cc1. The Morgan fingerprint density at radius 2 is 1.38 bits per heavy atom. The summed E-state index contributed by atoms with van der Waals surface area (Å²) in [4.78, 5) is 2.14. The molecule has 1 N–H and O–H groups in total. The van der Waals surface area contributed by atoms with Gasteiger partial charge in [-0.15, -0.1) is 0 Å². The largest absolute Gasteiger partial charge is 0.382 e. The lowest BCUT2D eigenvalue weighted by Crippen LogP contribution is -2.19. The fourth-order valence-corrected chi connectivity index (χ4v) is 2.66. The Bertz CT molecular complexity index is 346. The van der Waals surface area contributed by atoms with E-state index in [4.69, 9.17) is 0 Å². The third-order valence-corrected chi connectivity index (χ3v) is 4.07. The van der Waals surface area contributed by atoms with Crippen molar-refractivity contribution in [2.75, 3.05) is 24.3 Å². The van der Waals surface area contributed by atoms with E-state index in [2.05, 4.69) is 62.4 Å². The van der Waals surface area contributed by atoms with Crippen LogP contribution in [0.25, 0.3) is 0 Å². The van der Waals surface area contributed by atoms with Gasteiger partial charge in [-0.05, 0) is 37.1 Å². The first-order valence-corrected chi connectivity index (χ1v) is 8.71. The van der Waals surface area contributed by atoms with E-state index in [1.807, 2.05) is 0 Å². The third kappa shape index (κ3) is 7.40. The first-order valence-electron chi connectivity index (χ1n) is 8.71. The van der Waals surface area contributed by atoms with Gasteiger partial charge in [0.25, 0.3) is 0 Å². The van der Waals surface area contributed by atoms with E-state index in [0.717, 1.165) is 0 Å². The molecule has 0 aliphatic heterocycles. The van der Waals surface area contributed by atoms with Gasteiger partial charge >= 0.3 is 0 Å². The first-order chi connectivity index (χ1) is 10.2. The second-order valence-corrected chi connectivity index (χ2v) is 6.27. The van der Waals surface area contributed by atoms with E-state index in [0.29, 0.717) is 6.04 Å². The number of nitrogens with one attached hydrogen (secondary N) is 1. The Kier molecular flexibility index (Phi) is 8.96. The summed E-state index contributed by atoms with van der Waals surface area (Å²) in [6.45, 7) is 4.55. The van der Waals surface area contributed by atoms with Crippen LogP contribution in [0.15, 0.2) is 24.3 Å². The summed E-state index contributed by atoms with van der Waals surface area (Å²) in [5, 5.41) is 3.74. The summed E-state index contributed by atoms with van der Waals surface area (Å²) in [7, 11) is 4.17. The molecule has 0 unspecified atom stereocenters. The van der Waals surface area contributed by atoms with Gasteiger partial charge in [-0.1, -0.05) is 52.4 Å². The number of benzene rings is 1. The molecule has 2 nitrogen and oxygen atoms in total. The molecule has 120 valence electrons. The van der Waals surface area contributed by atoms with E-state index in [1.54, 1.807) is 0 Å². The van der Waals surface area contributed by atoms with Crippen molar-refractivity contribution < 1.29 is 0 Å².